The minimum absolute atomic E-state index is 0.225. The van der Waals surface area contributed by atoms with Crippen LogP contribution in [0.2, 0.25) is 0 Å². The fourth-order valence-corrected chi connectivity index (χ4v) is 2.97. The van der Waals surface area contributed by atoms with E-state index < -0.39 is 11.6 Å². The molecular formula is C20H18F3N3O. The smallest absolute Gasteiger partial charge is 0.255 e. The number of amides is 1. The number of nitrogens with one attached hydrogen (secondary N) is 1. The molecule has 0 radical (unpaired) electrons. The SMILES string of the molecule is Cc1nn(-c2ccc(F)cc2)c(C)c1C(=O)NCCc1cc(F)cc(F)c1. The topological polar surface area (TPSA) is 46.9 Å². The molecule has 7 heteroatoms. The number of carbonyl (C=O) groups excluding carboxylic acids is 1. The van der Waals surface area contributed by atoms with E-state index in [-0.39, 0.29) is 18.3 Å². The molecule has 0 aliphatic heterocycles. The van der Waals surface area contributed by atoms with Crippen LogP contribution in [0, 0.1) is 31.3 Å². The lowest BCUT2D eigenvalue weighted by Gasteiger charge is -2.07. The minimum Gasteiger partial charge on any atom is -0.352 e. The molecule has 2 aromatic carbocycles. The summed E-state index contributed by atoms with van der Waals surface area (Å²) >= 11 is 0. The number of halogens is 3. The molecular weight excluding hydrogens is 355 g/mol. The fraction of sp³-hybridized carbons (Fsp3) is 0.200. The van der Waals surface area contributed by atoms with E-state index in [1.54, 1.807) is 30.7 Å². The maximum atomic E-state index is 13.2. The van der Waals surface area contributed by atoms with Gasteiger partial charge in [-0.15, -0.1) is 0 Å². The number of benzene rings is 2. The molecule has 140 valence electrons. The third kappa shape index (κ3) is 4.19. The predicted molar refractivity (Wildman–Crippen MR) is 95.4 cm³/mol. The first kappa shape index (κ1) is 18.7. The molecule has 4 nitrogen and oxygen atoms in total. The van der Waals surface area contributed by atoms with E-state index in [0.29, 0.717) is 34.6 Å². The standard InChI is InChI=1S/C20H18F3N3O/c1-12-19(13(2)26(25-12)18-5-3-15(21)4-6-18)20(27)24-8-7-14-9-16(22)11-17(23)10-14/h3-6,9-11H,7-8H2,1-2H3,(H,24,27). The molecule has 0 spiro atoms. The van der Waals surface area contributed by atoms with Crippen molar-refractivity contribution in [3.05, 3.63) is 82.4 Å². The first-order chi connectivity index (χ1) is 12.8. The maximum absolute atomic E-state index is 13.2. The molecule has 1 amide bonds. The molecule has 1 heterocycles. The molecule has 3 aromatic rings. The first-order valence-electron chi connectivity index (χ1n) is 8.40. The second-order valence-corrected chi connectivity index (χ2v) is 6.22. The monoisotopic (exact) mass is 373 g/mol. The van der Waals surface area contributed by atoms with Gasteiger partial charge < -0.3 is 5.32 Å². The van der Waals surface area contributed by atoms with Crippen LogP contribution in [0.15, 0.2) is 42.5 Å². The summed E-state index contributed by atoms with van der Waals surface area (Å²) in [5.74, 6) is -1.98. The number of hydrogen-bond acceptors (Lipinski definition) is 2. The summed E-state index contributed by atoms with van der Waals surface area (Å²) in [4.78, 5) is 12.5. The molecule has 0 aliphatic carbocycles. The van der Waals surface area contributed by atoms with E-state index in [9.17, 15) is 18.0 Å². The number of rotatable bonds is 5. The third-order valence-electron chi connectivity index (χ3n) is 4.21. The van der Waals surface area contributed by atoms with Crippen molar-refractivity contribution in [1.82, 2.24) is 15.1 Å². The minimum atomic E-state index is -0.649. The van der Waals surface area contributed by atoms with Gasteiger partial charge in [0.15, 0.2) is 0 Å². The van der Waals surface area contributed by atoms with E-state index in [4.69, 9.17) is 0 Å². The molecule has 0 saturated heterocycles. The highest BCUT2D eigenvalue weighted by Gasteiger charge is 2.19. The number of nitrogens with zero attached hydrogens (tertiary/aromatic N) is 2. The largest absolute Gasteiger partial charge is 0.352 e. The van der Waals surface area contributed by atoms with Crippen LogP contribution in [-0.2, 0) is 6.42 Å². The third-order valence-corrected chi connectivity index (χ3v) is 4.21. The molecule has 0 atom stereocenters. The second kappa shape index (κ2) is 7.65. The van der Waals surface area contributed by atoms with Crippen LogP contribution in [0.1, 0.15) is 27.3 Å². The van der Waals surface area contributed by atoms with E-state index in [0.717, 1.165) is 6.07 Å². The van der Waals surface area contributed by atoms with E-state index in [1.807, 2.05) is 0 Å². The predicted octanol–water partition coefficient (Wildman–Crippen LogP) is 3.88. The Morgan fingerprint density at radius 1 is 1.00 bits per heavy atom. The highest BCUT2D eigenvalue weighted by molar-refractivity contribution is 5.96. The number of carbonyl (C=O) groups is 1. The summed E-state index contributed by atoms with van der Waals surface area (Å²) in [5, 5.41) is 7.10. The Hall–Kier alpha value is -3.09. The van der Waals surface area contributed by atoms with Crippen molar-refractivity contribution >= 4 is 5.91 Å². The highest BCUT2D eigenvalue weighted by Crippen LogP contribution is 2.18. The van der Waals surface area contributed by atoms with Gasteiger partial charge in [0.2, 0.25) is 0 Å². The van der Waals surface area contributed by atoms with Gasteiger partial charge in [-0.1, -0.05) is 0 Å². The lowest BCUT2D eigenvalue weighted by atomic mass is 10.1. The van der Waals surface area contributed by atoms with E-state index in [1.165, 1.54) is 24.3 Å². The molecule has 0 aliphatic rings. The summed E-state index contributed by atoms with van der Waals surface area (Å²) in [5.41, 5.74) is 2.68. The molecule has 0 unspecified atom stereocenters. The summed E-state index contributed by atoms with van der Waals surface area (Å²) in [6.45, 7) is 3.69. The van der Waals surface area contributed by atoms with Gasteiger partial charge in [0, 0.05) is 12.6 Å². The van der Waals surface area contributed by atoms with Crippen molar-refractivity contribution < 1.29 is 18.0 Å². The average Bonchev–Trinajstić information content (AvgIpc) is 2.89. The Morgan fingerprint density at radius 2 is 1.63 bits per heavy atom. The highest BCUT2D eigenvalue weighted by atomic mass is 19.1. The number of aromatic nitrogens is 2. The molecule has 0 saturated carbocycles. The van der Waals surface area contributed by atoms with Crippen molar-refractivity contribution in [2.45, 2.75) is 20.3 Å². The van der Waals surface area contributed by atoms with Crippen LogP contribution in [0.3, 0.4) is 0 Å². The Labute approximate surface area is 154 Å². The van der Waals surface area contributed by atoms with Gasteiger partial charge in [0.1, 0.15) is 17.5 Å². The van der Waals surface area contributed by atoms with Crippen LogP contribution in [0.4, 0.5) is 13.2 Å². The lowest BCUT2D eigenvalue weighted by molar-refractivity contribution is 0.0953. The quantitative estimate of drug-likeness (QED) is 0.738. The van der Waals surface area contributed by atoms with Gasteiger partial charge in [-0.25, -0.2) is 17.9 Å². The zero-order chi connectivity index (χ0) is 19.6. The molecule has 1 N–H and O–H groups in total. The van der Waals surface area contributed by atoms with Crippen LogP contribution < -0.4 is 5.32 Å². The van der Waals surface area contributed by atoms with Gasteiger partial charge in [-0.3, -0.25) is 4.79 Å². The summed E-state index contributed by atoms with van der Waals surface area (Å²) < 4.78 is 41.1. The van der Waals surface area contributed by atoms with Crippen LogP contribution in [0.5, 0.6) is 0 Å². The zero-order valence-corrected chi connectivity index (χ0v) is 14.9. The van der Waals surface area contributed by atoms with Crippen LogP contribution >= 0.6 is 0 Å². The Kier molecular flexibility index (Phi) is 5.30. The molecule has 0 fully saturated rings. The second-order valence-electron chi connectivity index (χ2n) is 6.22. The molecule has 1 aromatic heterocycles. The molecule has 0 bridgehead atoms. The van der Waals surface area contributed by atoms with Crippen molar-refractivity contribution in [3.8, 4) is 5.69 Å². The average molecular weight is 373 g/mol. The summed E-state index contributed by atoms with van der Waals surface area (Å²) in [6, 6.07) is 9.08. The zero-order valence-electron chi connectivity index (χ0n) is 14.9. The number of hydrogen-bond donors (Lipinski definition) is 1. The van der Waals surface area contributed by atoms with Crippen molar-refractivity contribution in [1.29, 1.82) is 0 Å². The van der Waals surface area contributed by atoms with Crippen molar-refractivity contribution in [2.75, 3.05) is 6.54 Å². The van der Waals surface area contributed by atoms with Gasteiger partial charge >= 0.3 is 0 Å². The van der Waals surface area contributed by atoms with Gasteiger partial charge in [-0.05, 0) is 62.2 Å². The summed E-state index contributed by atoms with van der Waals surface area (Å²) in [7, 11) is 0. The normalized spacial score (nSPS) is 10.9. The van der Waals surface area contributed by atoms with Crippen molar-refractivity contribution in [3.63, 3.8) is 0 Å². The van der Waals surface area contributed by atoms with Crippen LogP contribution in [-0.4, -0.2) is 22.2 Å². The van der Waals surface area contributed by atoms with Gasteiger partial charge in [0.05, 0.1) is 22.6 Å². The number of aryl methyl sites for hydroxylation is 1. The Bertz CT molecular complexity index is 961. The lowest BCUT2D eigenvalue weighted by Crippen LogP contribution is -2.26. The fourth-order valence-electron chi connectivity index (χ4n) is 2.97. The maximum Gasteiger partial charge on any atom is 0.255 e. The van der Waals surface area contributed by atoms with Crippen LogP contribution in [0.25, 0.3) is 5.69 Å². The van der Waals surface area contributed by atoms with E-state index in [2.05, 4.69) is 10.4 Å². The Morgan fingerprint density at radius 3 is 2.26 bits per heavy atom. The Balaban J connectivity index is 1.72. The van der Waals surface area contributed by atoms with E-state index >= 15 is 0 Å². The van der Waals surface area contributed by atoms with Crippen molar-refractivity contribution in [2.24, 2.45) is 0 Å². The summed E-state index contributed by atoms with van der Waals surface area (Å²) in [6.07, 6.45) is 0.296. The van der Waals surface area contributed by atoms with Gasteiger partial charge in [0.25, 0.3) is 5.91 Å². The first-order valence-corrected chi connectivity index (χ1v) is 8.40. The van der Waals surface area contributed by atoms with Gasteiger partial charge in [-0.2, -0.15) is 5.10 Å². The molecule has 27 heavy (non-hydrogen) atoms. The molecule has 3 rings (SSSR count).